The number of nitrogens with one attached hydrogen (secondary N) is 2. The number of carbonyl (C=O) groups is 2. The molecule has 0 aliphatic carbocycles. The SMILES string of the molecule is CCOc1ccc(Cl)cc1/C=N\NC(=O)[C@@H](Cc1ccccc1)NC(=O)[C@@H](C)Oc1ccc(Cl)cc1Cl. The summed E-state index contributed by atoms with van der Waals surface area (Å²) in [5.74, 6) is -0.135. The molecule has 0 aromatic heterocycles. The van der Waals surface area contributed by atoms with Crippen LogP contribution in [-0.2, 0) is 16.0 Å². The molecule has 7 nitrogen and oxygen atoms in total. The Morgan fingerprint density at radius 3 is 2.30 bits per heavy atom. The van der Waals surface area contributed by atoms with Crippen molar-refractivity contribution in [1.29, 1.82) is 0 Å². The van der Waals surface area contributed by atoms with Gasteiger partial charge in [0.2, 0.25) is 0 Å². The number of hydrazone groups is 1. The molecule has 0 spiro atoms. The van der Waals surface area contributed by atoms with Crippen LogP contribution in [0.1, 0.15) is 25.0 Å². The lowest BCUT2D eigenvalue weighted by molar-refractivity contribution is -0.132. The predicted octanol–water partition coefficient (Wildman–Crippen LogP) is 5.69. The van der Waals surface area contributed by atoms with E-state index in [0.717, 1.165) is 5.56 Å². The highest BCUT2D eigenvalue weighted by atomic mass is 35.5. The number of nitrogens with zero attached hydrogens (tertiary/aromatic N) is 1. The van der Waals surface area contributed by atoms with Gasteiger partial charge in [-0.3, -0.25) is 9.59 Å². The second-order valence-electron chi connectivity index (χ2n) is 7.94. The molecule has 194 valence electrons. The van der Waals surface area contributed by atoms with E-state index in [0.29, 0.717) is 33.7 Å². The van der Waals surface area contributed by atoms with E-state index >= 15 is 0 Å². The van der Waals surface area contributed by atoms with E-state index < -0.39 is 24.0 Å². The van der Waals surface area contributed by atoms with E-state index in [-0.39, 0.29) is 11.4 Å². The van der Waals surface area contributed by atoms with Gasteiger partial charge in [0.25, 0.3) is 11.8 Å². The summed E-state index contributed by atoms with van der Waals surface area (Å²) < 4.78 is 11.3. The summed E-state index contributed by atoms with van der Waals surface area (Å²) >= 11 is 18.2. The minimum Gasteiger partial charge on any atom is -0.493 e. The standard InChI is InChI=1S/C27H26Cl3N3O4/c1-3-36-24-11-9-20(28)14-19(24)16-31-33-27(35)23(13-18-7-5-4-6-8-18)32-26(34)17(2)37-25-12-10-21(29)15-22(25)30/h4-12,14-17,23H,3,13H2,1-2H3,(H,32,34)(H,33,35)/b31-16-/t17-,23-/m1/s1. The monoisotopic (exact) mass is 561 g/mol. The molecule has 2 N–H and O–H groups in total. The first kappa shape index (κ1) is 28.3. The van der Waals surface area contributed by atoms with E-state index in [2.05, 4.69) is 15.8 Å². The molecule has 0 heterocycles. The lowest BCUT2D eigenvalue weighted by Crippen LogP contribution is -2.50. The fourth-order valence-corrected chi connectivity index (χ4v) is 3.95. The van der Waals surface area contributed by atoms with Crippen LogP contribution in [0.5, 0.6) is 11.5 Å². The third-order valence-corrected chi connectivity index (χ3v) is 5.90. The van der Waals surface area contributed by atoms with E-state index in [9.17, 15) is 9.59 Å². The van der Waals surface area contributed by atoms with Gasteiger partial charge in [0.15, 0.2) is 6.10 Å². The average molecular weight is 563 g/mol. The van der Waals surface area contributed by atoms with Crippen molar-refractivity contribution >= 4 is 52.8 Å². The zero-order valence-electron chi connectivity index (χ0n) is 20.2. The number of amides is 2. The van der Waals surface area contributed by atoms with E-state index in [4.69, 9.17) is 44.3 Å². The van der Waals surface area contributed by atoms with Crippen molar-refractivity contribution in [3.63, 3.8) is 0 Å². The van der Waals surface area contributed by atoms with Crippen LogP contribution in [0.4, 0.5) is 0 Å². The minimum atomic E-state index is -0.937. The lowest BCUT2D eigenvalue weighted by atomic mass is 10.1. The summed E-state index contributed by atoms with van der Waals surface area (Å²) in [5.41, 5.74) is 3.94. The molecule has 0 aliphatic heterocycles. The molecule has 3 aromatic rings. The number of benzene rings is 3. The van der Waals surface area contributed by atoms with Gasteiger partial charge in [-0.15, -0.1) is 0 Å². The van der Waals surface area contributed by atoms with Crippen molar-refractivity contribution in [3.05, 3.63) is 92.9 Å². The highest BCUT2D eigenvalue weighted by molar-refractivity contribution is 6.35. The number of rotatable bonds is 11. The third kappa shape index (κ3) is 8.67. The Morgan fingerprint density at radius 1 is 0.946 bits per heavy atom. The Bertz CT molecular complexity index is 1250. The molecule has 2 atom stereocenters. The van der Waals surface area contributed by atoms with Gasteiger partial charge in [0.05, 0.1) is 17.8 Å². The molecule has 3 rings (SSSR count). The van der Waals surface area contributed by atoms with E-state index in [1.54, 1.807) is 37.3 Å². The first-order valence-electron chi connectivity index (χ1n) is 11.5. The van der Waals surface area contributed by atoms with Gasteiger partial charge < -0.3 is 14.8 Å². The molecule has 2 amide bonds. The fourth-order valence-electron chi connectivity index (χ4n) is 3.31. The van der Waals surface area contributed by atoms with Gasteiger partial charge in [-0.2, -0.15) is 5.10 Å². The molecule has 0 saturated carbocycles. The smallest absolute Gasteiger partial charge is 0.262 e. The van der Waals surface area contributed by atoms with E-state index in [1.165, 1.54) is 12.3 Å². The summed E-state index contributed by atoms with van der Waals surface area (Å²) in [6.07, 6.45) is 0.738. The zero-order valence-corrected chi connectivity index (χ0v) is 22.5. The zero-order chi connectivity index (χ0) is 26.8. The van der Waals surface area contributed by atoms with Crippen LogP contribution in [0.25, 0.3) is 0 Å². The Labute approximate surface area is 230 Å². The Morgan fingerprint density at radius 2 is 1.62 bits per heavy atom. The maximum absolute atomic E-state index is 13.0. The molecule has 10 heteroatoms. The van der Waals surface area contributed by atoms with Crippen molar-refractivity contribution in [2.45, 2.75) is 32.4 Å². The van der Waals surface area contributed by atoms with E-state index in [1.807, 2.05) is 37.3 Å². The first-order chi connectivity index (χ1) is 17.8. The van der Waals surface area contributed by atoms with Crippen LogP contribution in [0.2, 0.25) is 15.1 Å². The largest absolute Gasteiger partial charge is 0.493 e. The lowest BCUT2D eigenvalue weighted by Gasteiger charge is -2.21. The minimum absolute atomic E-state index is 0.240. The second kappa shape index (κ2) is 13.9. The molecule has 0 bridgehead atoms. The van der Waals surface area contributed by atoms with Gasteiger partial charge in [-0.05, 0) is 55.8 Å². The fraction of sp³-hybridized carbons (Fsp3) is 0.222. The highest BCUT2D eigenvalue weighted by Gasteiger charge is 2.25. The Hall–Kier alpha value is -3.26. The molecule has 3 aromatic carbocycles. The van der Waals surface area contributed by atoms with Crippen LogP contribution in [0.15, 0.2) is 71.8 Å². The highest BCUT2D eigenvalue weighted by Crippen LogP contribution is 2.28. The van der Waals surface area contributed by atoms with Crippen molar-refractivity contribution < 1.29 is 19.1 Å². The molecular weight excluding hydrogens is 537 g/mol. The third-order valence-electron chi connectivity index (χ3n) is 5.13. The first-order valence-corrected chi connectivity index (χ1v) is 12.6. The van der Waals surface area contributed by atoms with Crippen LogP contribution in [-0.4, -0.2) is 36.8 Å². The summed E-state index contributed by atoms with van der Waals surface area (Å²) in [5, 5.41) is 8.01. The summed E-state index contributed by atoms with van der Waals surface area (Å²) in [4.78, 5) is 26.0. The summed E-state index contributed by atoms with van der Waals surface area (Å²) in [6.45, 7) is 3.88. The maximum atomic E-state index is 13.0. The summed E-state index contributed by atoms with van der Waals surface area (Å²) in [6, 6.07) is 18.2. The average Bonchev–Trinajstić information content (AvgIpc) is 2.87. The number of ether oxygens (including phenoxy) is 2. The molecular formula is C27H26Cl3N3O4. The topological polar surface area (TPSA) is 89.0 Å². The van der Waals surface area contributed by atoms with Gasteiger partial charge in [-0.1, -0.05) is 65.1 Å². The summed E-state index contributed by atoms with van der Waals surface area (Å²) in [7, 11) is 0. The van der Waals surface area contributed by atoms with Crippen LogP contribution in [0.3, 0.4) is 0 Å². The van der Waals surface area contributed by atoms with Crippen LogP contribution < -0.4 is 20.2 Å². The number of hydrogen-bond donors (Lipinski definition) is 2. The molecule has 37 heavy (non-hydrogen) atoms. The number of carbonyl (C=O) groups excluding carboxylic acids is 2. The molecule has 0 saturated heterocycles. The van der Waals surface area contributed by atoms with Crippen molar-refractivity contribution in [1.82, 2.24) is 10.7 Å². The van der Waals surface area contributed by atoms with Crippen molar-refractivity contribution in [2.75, 3.05) is 6.61 Å². The Kier molecular flexibility index (Phi) is 10.6. The number of halogens is 3. The van der Waals surface area contributed by atoms with Gasteiger partial charge in [0, 0.05) is 22.0 Å². The maximum Gasteiger partial charge on any atom is 0.262 e. The molecule has 0 fully saturated rings. The molecule has 0 radical (unpaired) electrons. The number of hydrogen-bond acceptors (Lipinski definition) is 5. The van der Waals surface area contributed by atoms with Crippen molar-refractivity contribution in [3.8, 4) is 11.5 Å². The van der Waals surface area contributed by atoms with Gasteiger partial charge in [-0.25, -0.2) is 5.43 Å². The van der Waals surface area contributed by atoms with Crippen LogP contribution >= 0.6 is 34.8 Å². The van der Waals surface area contributed by atoms with Gasteiger partial charge >= 0.3 is 0 Å². The van der Waals surface area contributed by atoms with Crippen LogP contribution in [0, 0.1) is 0 Å². The normalized spacial score (nSPS) is 12.6. The van der Waals surface area contributed by atoms with Crippen molar-refractivity contribution in [2.24, 2.45) is 5.10 Å². The molecule has 0 aliphatic rings. The quantitative estimate of drug-likeness (QED) is 0.232. The second-order valence-corrected chi connectivity index (χ2v) is 9.22. The van der Waals surface area contributed by atoms with Gasteiger partial charge in [0.1, 0.15) is 17.5 Å². The predicted molar refractivity (Wildman–Crippen MR) is 147 cm³/mol. The Balaban J connectivity index is 1.72. The molecule has 0 unspecified atom stereocenters.